The molecule has 1 unspecified atom stereocenters. The fourth-order valence-electron chi connectivity index (χ4n) is 3.66. The minimum atomic E-state index is -0.735. The Morgan fingerprint density at radius 2 is 2.00 bits per heavy atom. The molecule has 0 amide bonds. The van der Waals surface area contributed by atoms with Crippen LogP contribution in [0.3, 0.4) is 0 Å². The average Bonchev–Trinajstić information content (AvgIpc) is 3.02. The number of nitrogens with zero attached hydrogens (tertiary/aromatic N) is 2. The Kier molecular flexibility index (Phi) is 6.49. The molecular weight excluding hydrogens is 380 g/mol. The quantitative estimate of drug-likeness (QED) is 0.679. The van der Waals surface area contributed by atoms with Gasteiger partial charge in [0.05, 0.1) is 18.3 Å². The second-order valence-electron chi connectivity index (χ2n) is 7.03. The lowest BCUT2D eigenvalue weighted by atomic mass is 9.98. The summed E-state index contributed by atoms with van der Waals surface area (Å²) in [6.45, 7) is 5.51. The van der Waals surface area contributed by atoms with Crippen LogP contribution in [-0.4, -0.2) is 34.2 Å². The van der Waals surface area contributed by atoms with Gasteiger partial charge in [0.1, 0.15) is 21.9 Å². The maximum Gasteiger partial charge on any atom is 0.348 e. The molecule has 1 aliphatic rings. The molecule has 1 aliphatic carbocycles. The summed E-state index contributed by atoms with van der Waals surface area (Å²) in [5, 5.41) is 0.367. The van der Waals surface area contributed by atoms with Crippen LogP contribution in [-0.2, 0) is 14.3 Å². The van der Waals surface area contributed by atoms with Crippen LogP contribution in [0.4, 0.5) is 0 Å². The number of aromatic nitrogens is 2. The zero-order valence-electron chi connectivity index (χ0n) is 16.5. The van der Waals surface area contributed by atoms with Gasteiger partial charge in [-0.3, -0.25) is 9.36 Å². The van der Waals surface area contributed by atoms with Crippen molar-refractivity contribution >= 4 is 33.5 Å². The fraction of sp³-hybridized carbons (Fsp3) is 0.600. The first-order valence-electron chi connectivity index (χ1n) is 9.85. The molecule has 0 N–H and O–H groups in total. The Labute approximate surface area is 167 Å². The predicted octanol–water partition coefficient (Wildman–Crippen LogP) is 3.77. The Balaban J connectivity index is 1.95. The van der Waals surface area contributed by atoms with Gasteiger partial charge >= 0.3 is 11.9 Å². The average molecular weight is 407 g/mol. The molecule has 0 aliphatic heterocycles. The second-order valence-corrected chi connectivity index (χ2v) is 8.03. The Hall–Kier alpha value is -2.22. The number of thiophene rings is 1. The first-order chi connectivity index (χ1) is 13.5. The SMILES string of the molecule is CCOC(=O)C(CC)n1cnc2sc(C(=O)OC3CCCCC3)c(C)c2c1=O. The highest BCUT2D eigenvalue weighted by molar-refractivity contribution is 7.20. The summed E-state index contributed by atoms with van der Waals surface area (Å²) in [7, 11) is 0. The summed E-state index contributed by atoms with van der Waals surface area (Å²) < 4.78 is 12.0. The Morgan fingerprint density at radius 1 is 1.29 bits per heavy atom. The maximum atomic E-state index is 13.1. The van der Waals surface area contributed by atoms with Crippen LogP contribution in [0.1, 0.15) is 73.6 Å². The maximum absolute atomic E-state index is 13.1. The van der Waals surface area contributed by atoms with Crippen molar-refractivity contribution in [2.45, 2.75) is 71.4 Å². The summed E-state index contributed by atoms with van der Waals surface area (Å²) in [6.07, 6.45) is 6.82. The largest absolute Gasteiger partial charge is 0.464 e. The molecule has 2 heterocycles. The van der Waals surface area contributed by atoms with E-state index in [2.05, 4.69) is 4.98 Å². The molecule has 1 saturated carbocycles. The molecule has 0 radical (unpaired) electrons. The van der Waals surface area contributed by atoms with Gasteiger partial charge in [0, 0.05) is 0 Å². The van der Waals surface area contributed by atoms with E-state index < -0.39 is 18.0 Å². The van der Waals surface area contributed by atoms with Crippen molar-refractivity contribution in [3.05, 3.63) is 27.1 Å². The molecule has 8 heteroatoms. The molecule has 0 bridgehead atoms. The van der Waals surface area contributed by atoms with E-state index in [4.69, 9.17) is 9.47 Å². The number of aryl methyl sites for hydroxylation is 1. The molecule has 7 nitrogen and oxygen atoms in total. The first-order valence-corrected chi connectivity index (χ1v) is 10.7. The van der Waals surface area contributed by atoms with Crippen LogP contribution in [0.5, 0.6) is 0 Å². The van der Waals surface area contributed by atoms with Crippen molar-refractivity contribution in [2.75, 3.05) is 6.61 Å². The third kappa shape index (κ3) is 3.97. The van der Waals surface area contributed by atoms with Crippen molar-refractivity contribution in [1.29, 1.82) is 0 Å². The van der Waals surface area contributed by atoms with Gasteiger partial charge in [-0.05, 0) is 51.5 Å². The number of hydrogen-bond acceptors (Lipinski definition) is 7. The topological polar surface area (TPSA) is 87.5 Å². The van der Waals surface area contributed by atoms with Crippen molar-refractivity contribution in [3.8, 4) is 0 Å². The Morgan fingerprint density at radius 3 is 2.64 bits per heavy atom. The third-order valence-electron chi connectivity index (χ3n) is 5.17. The van der Waals surface area contributed by atoms with E-state index in [1.165, 1.54) is 28.7 Å². The summed E-state index contributed by atoms with van der Waals surface area (Å²) in [4.78, 5) is 43.1. The molecule has 152 valence electrons. The van der Waals surface area contributed by atoms with Crippen molar-refractivity contribution < 1.29 is 19.1 Å². The van der Waals surface area contributed by atoms with Crippen molar-refractivity contribution in [1.82, 2.24) is 9.55 Å². The summed E-state index contributed by atoms with van der Waals surface area (Å²) >= 11 is 1.17. The smallest absolute Gasteiger partial charge is 0.348 e. The molecule has 0 spiro atoms. The molecule has 0 aromatic carbocycles. The zero-order valence-corrected chi connectivity index (χ0v) is 17.3. The van der Waals surface area contributed by atoms with Gasteiger partial charge in [0.25, 0.3) is 5.56 Å². The molecule has 2 aromatic heterocycles. The van der Waals surface area contributed by atoms with Gasteiger partial charge < -0.3 is 9.47 Å². The lowest BCUT2D eigenvalue weighted by Gasteiger charge is -2.21. The number of carbonyl (C=O) groups is 2. The highest BCUT2D eigenvalue weighted by Gasteiger charge is 2.27. The Bertz CT molecular complexity index is 927. The fourth-order valence-corrected chi connectivity index (χ4v) is 4.68. The molecule has 3 rings (SSSR count). The van der Waals surface area contributed by atoms with Crippen LogP contribution in [0, 0.1) is 6.92 Å². The predicted molar refractivity (Wildman–Crippen MR) is 107 cm³/mol. The normalized spacial score (nSPS) is 16.1. The van der Waals surface area contributed by atoms with E-state index >= 15 is 0 Å². The van der Waals surface area contributed by atoms with Gasteiger partial charge in [-0.25, -0.2) is 14.6 Å². The molecule has 2 aromatic rings. The first kappa shape index (κ1) is 20.5. The number of carbonyl (C=O) groups excluding carboxylic acids is 2. The number of ether oxygens (including phenoxy) is 2. The standard InChI is InChI=1S/C20H26N2O5S/c1-4-14(19(24)26-5-2)22-11-21-17-15(18(22)23)12(3)16(28-17)20(25)27-13-9-7-6-8-10-13/h11,13-14H,4-10H2,1-3H3. The molecular formula is C20H26N2O5S. The molecule has 1 atom stereocenters. The van der Waals surface area contributed by atoms with Crippen molar-refractivity contribution in [2.24, 2.45) is 0 Å². The minimum Gasteiger partial charge on any atom is -0.464 e. The van der Waals surface area contributed by atoms with E-state index in [1.807, 2.05) is 6.92 Å². The van der Waals surface area contributed by atoms with E-state index in [1.54, 1.807) is 13.8 Å². The van der Waals surface area contributed by atoms with E-state index in [-0.39, 0.29) is 18.3 Å². The zero-order chi connectivity index (χ0) is 20.3. The number of hydrogen-bond donors (Lipinski definition) is 0. The van der Waals surface area contributed by atoms with E-state index in [0.29, 0.717) is 27.1 Å². The third-order valence-corrected chi connectivity index (χ3v) is 6.35. The van der Waals surface area contributed by atoms with Gasteiger partial charge in [-0.1, -0.05) is 13.3 Å². The van der Waals surface area contributed by atoms with Crippen LogP contribution in [0.15, 0.2) is 11.1 Å². The lowest BCUT2D eigenvalue weighted by Crippen LogP contribution is -2.31. The summed E-state index contributed by atoms with van der Waals surface area (Å²) in [5.41, 5.74) is 0.224. The monoisotopic (exact) mass is 406 g/mol. The van der Waals surface area contributed by atoms with Crippen LogP contribution < -0.4 is 5.56 Å². The molecule has 0 saturated heterocycles. The van der Waals surface area contributed by atoms with Crippen molar-refractivity contribution in [3.63, 3.8) is 0 Å². The summed E-state index contributed by atoms with van der Waals surface area (Å²) in [6, 6.07) is -0.735. The van der Waals surface area contributed by atoms with Gasteiger partial charge in [0.2, 0.25) is 0 Å². The number of esters is 2. The highest BCUT2D eigenvalue weighted by atomic mass is 32.1. The van der Waals surface area contributed by atoms with E-state index in [0.717, 1.165) is 25.7 Å². The van der Waals surface area contributed by atoms with Crippen LogP contribution >= 0.6 is 11.3 Å². The lowest BCUT2D eigenvalue weighted by molar-refractivity contribution is -0.147. The summed E-state index contributed by atoms with van der Waals surface area (Å²) in [5.74, 6) is -0.853. The van der Waals surface area contributed by atoms with Gasteiger partial charge in [-0.15, -0.1) is 11.3 Å². The highest BCUT2D eigenvalue weighted by Crippen LogP contribution is 2.30. The minimum absolute atomic E-state index is 0.0521. The van der Waals surface area contributed by atoms with Crippen LogP contribution in [0.2, 0.25) is 0 Å². The van der Waals surface area contributed by atoms with Gasteiger partial charge in [-0.2, -0.15) is 0 Å². The molecule has 28 heavy (non-hydrogen) atoms. The number of fused-ring (bicyclic) bond motifs is 1. The van der Waals surface area contributed by atoms with E-state index in [9.17, 15) is 14.4 Å². The molecule has 1 fully saturated rings. The second kappa shape index (κ2) is 8.86. The van der Waals surface area contributed by atoms with Gasteiger partial charge in [0.15, 0.2) is 0 Å². The number of rotatable bonds is 6. The van der Waals surface area contributed by atoms with Crippen LogP contribution in [0.25, 0.3) is 10.2 Å².